The topological polar surface area (TPSA) is 59.1 Å². The van der Waals surface area contributed by atoms with Crippen LogP contribution in [0.3, 0.4) is 0 Å². The van der Waals surface area contributed by atoms with Gasteiger partial charge in [0, 0.05) is 17.8 Å². The number of hydrogen-bond donors (Lipinski definition) is 2. The molecule has 5 nitrogen and oxygen atoms in total. The summed E-state index contributed by atoms with van der Waals surface area (Å²) in [5.74, 6) is 3.26. The molecule has 0 saturated heterocycles. The maximum Gasteiger partial charge on any atom is 0.229 e. The Balaban J connectivity index is 1.82. The summed E-state index contributed by atoms with van der Waals surface area (Å²) in [5.41, 5.74) is 1.14. The van der Waals surface area contributed by atoms with Crippen LogP contribution in [0.15, 0.2) is 24.4 Å². The van der Waals surface area contributed by atoms with Gasteiger partial charge in [0.1, 0.15) is 5.82 Å². The Morgan fingerprint density at radius 3 is 2.86 bits per heavy atom. The smallest absolute Gasteiger partial charge is 0.229 e. The maximum atomic E-state index is 13.7. The summed E-state index contributed by atoms with van der Waals surface area (Å²) in [6.45, 7) is 0. The summed E-state index contributed by atoms with van der Waals surface area (Å²) in [6.07, 6.45) is 9.24. The van der Waals surface area contributed by atoms with Crippen LogP contribution in [-0.2, 0) is 0 Å². The second-order valence-electron chi connectivity index (χ2n) is 4.99. The van der Waals surface area contributed by atoms with Crippen molar-refractivity contribution in [2.75, 3.05) is 17.7 Å². The van der Waals surface area contributed by atoms with E-state index in [1.54, 1.807) is 12.3 Å². The Morgan fingerprint density at radius 2 is 2.23 bits per heavy atom. The fourth-order valence-electron chi connectivity index (χ4n) is 1.95. The lowest BCUT2D eigenvalue weighted by Gasteiger charge is -2.10. The Morgan fingerprint density at radius 1 is 1.41 bits per heavy atom. The zero-order valence-electron chi connectivity index (χ0n) is 12.1. The first-order chi connectivity index (χ1) is 10.7. The average Bonchev–Trinajstić information content (AvgIpc) is 3.32. The molecule has 0 atom stereocenters. The molecule has 1 aliphatic rings. The molecule has 22 heavy (non-hydrogen) atoms. The third-order valence-corrected chi connectivity index (χ3v) is 3.27. The lowest BCUT2D eigenvalue weighted by molar-refractivity contribution is 0.386. The number of aromatic nitrogens is 2. The van der Waals surface area contributed by atoms with E-state index in [9.17, 15) is 4.39 Å². The molecule has 1 aromatic carbocycles. The zero-order chi connectivity index (χ0) is 15.5. The molecule has 1 fully saturated rings. The first-order valence-corrected chi connectivity index (χ1v) is 6.90. The first-order valence-electron chi connectivity index (χ1n) is 6.90. The van der Waals surface area contributed by atoms with E-state index in [4.69, 9.17) is 11.2 Å². The van der Waals surface area contributed by atoms with Gasteiger partial charge in [-0.05, 0) is 25.0 Å². The van der Waals surface area contributed by atoms with Crippen molar-refractivity contribution in [2.45, 2.75) is 18.9 Å². The van der Waals surface area contributed by atoms with Crippen LogP contribution >= 0.6 is 0 Å². The molecular weight excluding hydrogens is 283 g/mol. The van der Waals surface area contributed by atoms with Crippen LogP contribution in [0, 0.1) is 18.2 Å². The first kappa shape index (κ1) is 14.1. The molecule has 0 radical (unpaired) electrons. The number of halogens is 1. The third kappa shape index (κ3) is 3.09. The standard InChI is InChI=1S/C16H15FN4O/c1-3-10-9-18-16(21-15(10)19-11-4-5-11)20-12-6-7-14(22-2)13(17)8-12/h1,6-9,11H,4-5H2,2H3,(H2,18,19,20,21). The van der Waals surface area contributed by atoms with E-state index in [0.29, 0.717) is 29.1 Å². The van der Waals surface area contributed by atoms with Gasteiger partial charge in [0.2, 0.25) is 5.95 Å². The number of benzene rings is 1. The van der Waals surface area contributed by atoms with Crippen molar-refractivity contribution >= 4 is 17.5 Å². The molecule has 6 heteroatoms. The molecule has 3 rings (SSSR count). The van der Waals surface area contributed by atoms with Crippen LogP contribution in [0.25, 0.3) is 0 Å². The molecule has 2 aromatic rings. The van der Waals surface area contributed by atoms with Crippen LogP contribution in [0.5, 0.6) is 5.75 Å². The third-order valence-electron chi connectivity index (χ3n) is 3.27. The summed E-state index contributed by atoms with van der Waals surface area (Å²) in [4.78, 5) is 8.51. The minimum absolute atomic E-state index is 0.185. The number of methoxy groups -OCH3 is 1. The molecule has 1 aromatic heterocycles. The minimum Gasteiger partial charge on any atom is -0.494 e. The molecular formula is C16H15FN4O. The van der Waals surface area contributed by atoms with Crippen LogP contribution in [0.4, 0.5) is 21.8 Å². The summed E-state index contributed by atoms with van der Waals surface area (Å²) in [5, 5.41) is 6.22. The highest BCUT2D eigenvalue weighted by molar-refractivity contribution is 5.60. The summed E-state index contributed by atoms with van der Waals surface area (Å²) in [6, 6.07) is 4.98. The van der Waals surface area contributed by atoms with E-state index in [0.717, 1.165) is 12.8 Å². The molecule has 0 bridgehead atoms. The second kappa shape index (κ2) is 5.90. The van der Waals surface area contributed by atoms with Crippen molar-refractivity contribution < 1.29 is 9.13 Å². The Labute approximate surface area is 127 Å². The van der Waals surface area contributed by atoms with Crippen molar-refractivity contribution in [1.29, 1.82) is 0 Å². The lowest BCUT2D eigenvalue weighted by atomic mass is 10.3. The van der Waals surface area contributed by atoms with Gasteiger partial charge in [0.25, 0.3) is 0 Å². The van der Waals surface area contributed by atoms with Crippen molar-refractivity contribution in [3.05, 3.63) is 35.8 Å². The lowest BCUT2D eigenvalue weighted by Crippen LogP contribution is -2.08. The molecule has 0 aliphatic heterocycles. The van der Waals surface area contributed by atoms with E-state index in [2.05, 4.69) is 26.5 Å². The van der Waals surface area contributed by atoms with Gasteiger partial charge in [-0.15, -0.1) is 6.42 Å². The summed E-state index contributed by atoms with van der Waals surface area (Å²) < 4.78 is 18.6. The second-order valence-corrected chi connectivity index (χ2v) is 4.99. The van der Waals surface area contributed by atoms with E-state index < -0.39 is 5.82 Å². The van der Waals surface area contributed by atoms with Crippen LogP contribution in [0.2, 0.25) is 0 Å². The Kier molecular flexibility index (Phi) is 3.79. The van der Waals surface area contributed by atoms with Crippen molar-refractivity contribution in [3.8, 4) is 18.1 Å². The van der Waals surface area contributed by atoms with Gasteiger partial charge >= 0.3 is 0 Å². The van der Waals surface area contributed by atoms with Gasteiger partial charge < -0.3 is 15.4 Å². The van der Waals surface area contributed by atoms with Crippen molar-refractivity contribution in [1.82, 2.24) is 9.97 Å². The Hall–Kier alpha value is -2.81. The van der Waals surface area contributed by atoms with E-state index in [1.165, 1.54) is 19.2 Å². The van der Waals surface area contributed by atoms with E-state index in [1.807, 2.05) is 0 Å². The number of nitrogens with one attached hydrogen (secondary N) is 2. The zero-order valence-corrected chi connectivity index (χ0v) is 12.1. The monoisotopic (exact) mass is 298 g/mol. The average molecular weight is 298 g/mol. The molecule has 2 N–H and O–H groups in total. The number of hydrogen-bond acceptors (Lipinski definition) is 5. The molecule has 1 aliphatic carbocycles. The van der Waals surface area contributed by atoms with Crippen molar-refractivity contribution in [3.63, 3.8) is 0 Å². The van der Waals surface area contributed by atoms with Gasteiger partial charge in [-0.3, -0.25) is 0 Å². The molecule has 0 spiro atoms. The van der Waals surface area contributed by atoms with Gasteiger partial charge in [-0.1, -0.05) is 5.92 Å². The highest BCUT2D eigenvalue weighted by atomic mass is 19.1. The van der Waals surface area contributed by atoms with Gasteiger partial charge in [0.05, 0.1) is 18.9 Å². The van der Waals surface area contributed by atoms with Gasteiger partial charge in [-0.25, -0.2) is 9.37 Å². The van der Waals surface area contributed by atoms with Crippen LogP contribution < -0.4 is 15.4 Å². The number of terminal acetylenes is 1. The predicted molar refractivity (Wildman–Crippen MR) is 82.8 cm³/mol. The fraction of sp³-hybridized carbons (Fsp3) is 0.250. The molecule has 0 unspecified atom stereocenters. The molecule has 1 saturated carbocycles. The van der Waals surface area contributed by atoms with Crippen LogP contribution in [-0.4, -0.2) is 23.1 Å². The number of rotatable bonds is 5. The number of nitrogens with zero attached hydrogens (tertiary/aromatic N) is 2. The summed E-state index contributed by atoms with van der Waals surface area (Å²) >= 11 is 0. The highest BCUT2D eigenvalue weighted by Crippen LogP contribution is 2.27. The van der Waals surface area contributed by atoms with Crippen LogP contribution in [0.1, 0.15) is 18.4 Å². The largest absolute Gasteiger partial charge is 0.494 e. The highest BCUT2D eigenvalue weighted by Gasteiger charge is 2.22. The number of anilines is 3. The fourth-order valence-corrected chi connectivity index (χ4v) is 1.95. The normalized spacial score (nSPS) is 13.3. The van der Waals surface area contributed by atoms with Gasteiger partial charge in [-0.2, -0.15) is 4.98 Å². The Bertz CT molecular complexity index is 737. The molecule has 112 valence electrons. The maximum absolute atomic E-state index is 13.7. The number of ether oxygens (including phenoxy) is 1. The SMILES string of the molecule is C#Cc1cnc(Nc2ccc(OC)c(F)c2)nc1NC1CC1. The predicted octanol–water partition coefficient (Wildman–Crippen LogP) is 2.92. The quantitative estimate of drug-likeness (QED) is 0.831. The summed E-state index contributed by atoms with van der Waals surface area (Å²) in [7, 11) is 1.42. The van der Waals surface area contributed by atoms with E-state index >= 15 is 0 Å². The minimum atomic E-state index is -0.455. The molecule has 0 amide bonds. The van der Waals surface area contributed by atoms with E-state index in [-0.39, 0.29) is 5.75 Å². The van der Waals surface area contributed by atoms with Gasteiger partial charge in [0.15, 0.2) is 11.6 Å². The molecule has 1 heterocycles. The van der Waals surface area contributed by atoms with Crippen molar-refractivity contribution in [2.24, 2.45) is 0 Å².